The summed E-state index contributed by atoms with van der Waals surface area (Å²) in [4.78, 5) is 24.6. The Balaban J connectivity index is 1.73. The first-order chi connectivity index (χ1) is 13.3. The first-order valence-corrected chi connectivity index (χ1v) is 8.55. The lowest BCUT2D eigenvalue weighted by atomic mass is 9.98. The van der Waals surface area contributed by atoms with Crippen LogP contribution in [0.4, 0.5) is 5.95 Å². The van der Waals surface area contributed by atoms with Crippen LogP contribution in [0.3, 0.4) is 0 Å². The molecule has 0 bridgehead atoms. The number of aliphatic carboxylic acids is 1. The molecule has 28 heavy (non-hydrogen) atoms. The maximum atomic E-state index is 11.3. The van der Waals surface area contributed by atoms with E-state index in [0.717, 1.165) is 11.2 Å². The molecule has 3 heterocycles. The average Bonchev–Trinajstić information content (AvgIpc) is 2.98. The van der Waals surface area contributed by atoms with Gasteiger partial charge in [0.1, 0.15) is 29.3 Å². The molecule has 0 unspecified atom stereocenters. The fourth-order valence-corrected chi connectivity index (χ4v) is 3.28. The molecule has 0 aliphatic carbocycles. The van der Waals surface area contributed by atoms with Gasteiger partial charge in [-0.25, -0.2) is 14.8 Å². The minimum absolute atomic E-state index is 0.266. The van der Waals surface area contributed by atoms with Gasteiger partial charge < -0.3 is 35.0 Å². The predicted molar refractivity (Wildman–Crippen MR) is 96.5 cm³/mol. The van der Waals surface area contributed by atoms with E-state index in [1.165, 1.54) is 0 Å². The highest BCUT2D eigenvalue weighted by Crippen LogP contribution is 2.27. The molecule has 11 heteroatoms. The number of imidazole rings is 1. The van der Waals surface area contributed by atoms with Gasteiger partial charge in [0, 0.05) is 13.2 Å². The number of carbonyl (C=O) groups is 1. The Kier molecular flexibility index (Phi) is 4.38. The molecule has 1 saturated heterocycles. The molecule has 148 valence electrons. The number of ether oxygens (including phenoxy) is 1. The number of nitrogens with zero attached hydrogens (tertiary/aromatic N) is 4. The van der Waals surface area contributed by atoms with Crippen LogP contribution in [0, 0.1) is 6.92 Å². The van der Waals surface area contributed by atoms with E-state index >= 15 is 0 Å². The van der Waals surface area contributed by atoms with Crippen molar-refractivity contribution in [1.29, 1.82) is 0 Å². The van der Waals surface area contributed by atoms with Gasteiger partial charge in [-0.3, -0.25) is 4.98 Å². The van der Waals surface area contributed by atoms with Crippen LogP contribution in [-0.4, -0.2) is 76.6 Å². The van der Waals surface area contributed by atoms with Crippen molar-refractivity contribution in [1.82, 2.24) is 19.5 Å². The van der Waals surface area contributed by atoms with E-state index in [0.29, 0.717) is 16.6 Å². The van der Waals surface area contributed by atoms with E-state index in [4.69, 9.17) is 9.84 Å². The number of aromatic nitrogens is 4. The molecule has 0 radical (unpaired) electrons. The van der Waals surface area contributed by atoms with Crippen LogP contribution in [0.15, 0.2) is 18.3 Å². The van der Waals surface area contributed by atoms with Crippen LogP contribution in [0.1, 0.15) is 5.69 Å². The van der Waals surface area contributed by atoms with E-state index in [-0.39, 0.29) is 5.95 Å². The number of hydrogen-bond acceptors (Lipinski definition) is 9. The van der Waals surface area contributed by atoms with Crippen molar-refractivity contribution in [3.63, 3.8) is 0 Å². The van der Waals surface area contributed by atoms with E-state index in [1.807, 2.05) is 19.1 Å². The zero-order chi connectivity index (χ0) is 20.2. The third-order valence-electron chi connectivity index (χ3n) is 4.81. The van der Waals surface area contributed by atoms with Crippen LogP contribution in [0.25, 0.3) is 22.1 Å². The molecule has 1 aromatic carbocycles. The Morgan fingerprint density at radius 3 is 2.61 bits per heavy atom. The smallest absolute Gasteiger partial charge is 0.335 e. The number of aliphatic hydroxyl groups is 3. The summed E-state index contributed by atoms with van der Waals surface area (Å²) < 4.78 is 6.93. The van der Waals surface area contributed by atoms with Crippen LogP contribution in [0.2, 0.25) is 0 Å². The normalized spacial score (nSPS) is 28.0. The Hall–Kier alpha value is -2.86. The largest absolute Gasteiger partial charge is 0.479 e. The van der Waals surface area contributed by atoms with E-state index < -0.39 is 36.6 Å². The molecule has 0 spiro atoms. The van der Waals surface area contributed by atoms with E-state index in [2.05, 4.69) is 20.3 Å². The topological polar surface area (TPSA) is 163 Å². The Morgan fingerprint density at radius 2 is 1.89 bits per heavy atom. The second kappa shape index (κ2) is 6.63. The van der Waals surface area contributed by atoms with Gasteiger partial charge in [0.2, 0.25) is 5.95 Å². The lowest BCUT2D eigenvalue weighted by Crippen LogP contribution is -2.61. The highest BCUT2D eigenvalue weighted by atomic mass is 16.6. The molecule has 0 saturated carbocycles. The molecule has 11 nitrogen and oxygen atoms in total. The molecule has 1 fully saturated rings. The van der Waals surface area contributed by atoms with Gasteiger partial charge in [0.05, 0.1) is 16.7 Å². The van der Waals surface area contributed by atoms with Crippen molar-refractivity contribution in [3.8, 4) is 0 Å². The van der Waals surface area contributed by atoms with Gasteiger partial charge in [0.15, 0.2) is 12.3 Å². The minimum atomic E-state index is -1.76. The third kappa shape index (κ3) is 2.85. The highest BCUT2D eigenvalue weighted by molar-refractivity contribution is 6.01. The minimum Gasteiger partial charge on any atom is -0.479 e. The first-order valence-electron chi connectivity index (χ1n) is 8.55. The molecule has 5 N–H and O–H groups in total. The number of nitrogens with one attached hydrogen (secondary N) is 1. The Morgan fingerprint density at radius 1 is 1.14 bits per heavy atom. The lowest BCUT2D eigenvalue weighted by molar-refractivity contribution is -0.221. The molecule has 4 rings (SSSR count). The molecule has 1 aliphatic rings. The average molecular weight is 389 g/mol. The van der Waals surface area contributed by atoms with Crippen molar-refractivity contribution in [2.45, 2.75) is 37.6 Å². The maximum Gasteiger partial charge on any atom is 0.335 e. The number of anilines is 1. The van der Waals surface area contributed by atoms with Crippen LogP contribution >= 0.6 is 0 Å². The molecule has 5 atom stereocenters. The number of carboxylic acids is 1. The van der Waals surface area contributed by atoms with Crippen LogP contribution in [0.5, 0.6) is 0 Å². The van der Waals surface area contributed by atoms with Crippen molar-refractivity contribution in [3.05, 3.63) is 24.0 Å². The van der Waals surface area contributed by atoms with E-state index in [9.17, 15) is 20.1 Å². The summed E-state index contributed by atoms with van der Waals surface area (Å²) in [6, 6.07) is 3.62. The SMILES string of the molecule is Cc1cnc2ccc3c(nc(N[C@@H]4O[C@H](C(=O)O)[C@@H](O)[C@H](O)[C@H]4O)n3C)c2n1. The molecule has 1 aliphatic heterocycles. The van der Waals surface area contributed by atoms with Crippen LogP contribution < -0.4 is 5.32 Å². The summed E-state index contributed by atoms with van der Waals surface area (Å²) >= 11 is 0. The first kappa shape index (κ1) is 18.5. The van der Waals surface area contributed by atoms with Crippen molar-refractivity contribution >= 4 is 34.0 Å². The summed E-state index contributed by atoms with van der Waals surface area (Å²) in [7, 11) is 1.72. The molecular weight excluding hydrogens is 370 g/mol. The van der Waals surface area contributed by atoms with E-state index in [1.54, 1.807) is 17.8 Å². The number of fused-ring (bicyclic) bond motifs is 3. The van der Waals surface area contributed by atoms with Crippen molar-refractivity contribution in [2.75, 3.05) is 5.32 Å². The Bertz CT molecular complexity index is 1070. The molecular formula is C17H19N5O6. The maximum absolute atomic E-state index is 11.3. The summed E-state index contributed by atoms with van der Waals surface area (Å²) in [6.07, 6.45) is -6.36. The van der Waals surface area contributed by atoms with Crippen molar-refractivity contribution in [2.24, 2.45) is 7.05 Å². The summed E-state index contributed by atoms with van der Waals surface area (Å²) in [6.45, 7) is 1.82. The third-order valence-corrected chi connectivity index (χ3v) is 4.81. The number of hydrogen-bond donors (Lipinski definition) is 5. The monoisotopic (exact) mass is 389 g/mol. The summed E-state index contributed by atoms with van der Waals surface area (Å²) in [5, 5.41) is 41.9. The van der Waals surface area contributed by atoms with Gasteiger partial charge in [0.25, 0.3) is 0 Å². The number of rotatable bonds is 3. The quantitative estimate of drug-likeness (QED) is 0.380. The van der Waals surface area contributed by atoms with Crippen LogP contribution in [-0.2, 0) is 16.6 Å². The number of carboxylic acid groups (broad SMARTS) is 1. The van der Waals surface area contributed by atoms with Gasteiger partial charge >= 0.3 is 5.97 Å². The molecule has 0 amide bonds. The fourth-order valence-electron chi connectivity index (χ4n) is 3.28. The van der Waals surface area contributed by atoms with Gasteiger partial charge in [-0.1, -0.05) is 0 Å². The molecule has 2 aromatic heterocycles. The standard InChI is InChI=1S/C17H19N5O6/c1-6-5-18-7-3-4-8-10(9(7)19-6)20-17(22(8)2)21-15-13(25)11(23)12(24)14(28-15)16(26)27/h3-5,11-15,23-25H,1-2H3,(H,20,21)(H,26,27)/t11-,12-,13+,14-,15+/m0/s1. The van der Waals surface area contributed by atoms with Crippen molar-refractivity contribution < 1.29 is 30.0 Å². The molecule has 3 aromatic rings. The fraction of sp³-hybridized carbons (Fsp3) is 0.412. The van der Waals surface area contributed by atoms with Gasteiger partial charge in [-0.2, -0.15) is 0 Å². The zero-order valence-electron chi connectivity index (χ0n) is 15.0. The number of aliphatic hydroxyl groups excluding tert-OH is 3. The zero-order valence-corrected chi connectivity index (χ0v) is 15.0. The highest BCUT2D eigenvalue weighted by Gasteiger charge is 2.47. The summed E-state index contributed by atoms with van der Waals surface area (Å²) in [5.41, 5.74) is 3.30. The second-order valence-corrected chi connectivity index (χ2v) is 6.74. The Labute approximate surface area is 158 Å². The summed E-state index contributed by atoms with van der Waals surface area (Å²) in [5.74, 6) is -1.19. The second-order valence-electron chi connectivity index (χ2n) is 6.74. The van der Waals surface area contributed by atoms with Gasteiger partial charge in [-0.05, 0) is 19.1 Å². The lowest BCUT2D eigenvalue weighted by Gasteiger charge is -2.39. The predicted octanol–water partition coefficient (Wildman–Crippen LogP) is -0.871. The van der Waals surface area contributed by atoms with Gasteiger partial charge in [-0.15, -0.1) is 0 Å². The number of benzene rings is 1. The number of aryl methyl sites for hydroxylation is 2.